The third kappa shape index (κ3) is 3.82. The molecule has 0 heterocycles. The fourth-order valence-corrected chi connectivity index (χ4v) is 2.28. The van der Waals surface area contributed by atoms with Crippen molar-refractivity contribution in [3.05, 3.63) is 70.8 Å². The van der Waals surface area contributed by atoms with Crippen LogP contribution in [0.4, 0.5) is 0 Å². The van der Waals surface area contributed by atoms with E-state index < -0.39 is 11.9 Å². The number of hydrogen-bond donors (Lipinski definition) is 0. The molecule has 2 aromatic rings. The van der Waals surface area contributed by atoms with E-state index in [-0.39, 0.29) is 0 Å². The summed E-state index contributed by atoms with van der Waals surface area (Å²) in [6, 6.07) is 14.3. The maximum absolute atomic E-state index is 12.2. The highest BCUT2D eigenvalue weighted by molar-refractivity contribution is 6.03. The quantitative estimate of drug-likeness (QED) is 0.613. The lowest BCUT2D eigenvalue weighted by atomic mass is 10.0. The monoisotopic (exact) mass is 296 g/mol. The van der Waals surface area contributed by atoms with E-state index >= 15 is 0 Å². The van der Waals surface area contributed by atoms with Gasteiger partial charge < -0.3 is 4.74 Å². The summed E-state index contributed by atoms with van der Waals surface area (Å²) in [5, 5.41) is 0. The summed E-state index contributed by atoms with van der Waals surface area (Å²) in [4.78, 5) is 24.3. The van der Waals surface area contributed by atoms with Gasteiger partial charge in [0.15, 0.2) is 0 Å². The van der Waals surface area contributed by atoms with Crippen molar-refractivity contribution in [2.24, 2.45) is 0 Å². The van der Waals surface area contributed by atoms with Crippen molar-refractivity contribution in [1.29, 1.82) is 0 Å². The third-order valence-electron chi connectivity index (χ3n) is 3.54. The maximum Gasteiger partial charge on any atom is 0.346 e. The van der Waals surface area contributed by atoms with Gasteiger partial charge in [0.25, 0.3) is 0 Å². The first-order valence-corrected chi connectivity index (χ1v) is 7.59. The molecule has 0 amide bonds. The first kappa shape index (κ1) is 16.0. The molecule has 22 heavy (non-hydrogen) atoms. The Bertz CT molecular complexity index is 657. The predicted octanol–water partition coefficient (Wildman–Crippen LogP) is 4.20. The SMILES string of the molecule is CCCc1ccccc1C(=O)OC(=O)c1ccc(CC)cc1. The lowest BCUT2D eigenvalue weighted by molar-refractivity contribution is 0.0397. The van der Waals surface area contributed by atoms with Crippen molar-refractivity contribution < 1.29 is 14.3 Å². The molecule has 0 atom stereocenters. The van der Waals surface area contributed by atoms with Crippen molar-refractivity contribution >= 4 is 11.9 Å². The number of hydrogen-bond acceptors (Lipinski definition) is 3. The number of esters is 2. The van der Waals surface area contributed by atoms with E-state index in [9.17, 15) is 9.59 Å². The smallest absolute Gasteiger partial charge is 0.346 e. The van der Waals surface area contributed by atoms with Gasteiger partial charge in [-0.25, -0.2) is 9.59 Å². The number of carbonyl (C=O) groups excluding carboxylic acids is 2. The maximum atomic E-state index is 12.2. The summed E-state index contributed by atoms with van der Waals surface area (Å²) >= 11 is 0. The van der Waals surface area contributed by atoms with E-state index in [1.165, 1.54) is 0 Å². The van der Waals surface area contributed by atoms with Gasteiger partial charge in [-0.3, -0.25) is 0 Å². The third-order valence-corrected chi connectivity index (χ3v) is 3.54. The molecule has 2 aromatic carbocycles. The van der Waals surface area contributed by atoms with E-state index in [0.29, 0.717) is 11.1 Å². The van der Waals surface area contributed by atoms with Gasteiger partial charge in [-0.05, 0) is 42.2 Å². The van der Waals surface area contributed by atoms with Crippen LogP contribution in [0.5, 0.6) is 0 Å². The zero-order valence-corrected chi connectivity index (χ0v) is 13.0. The molecule has 0 aliphatic heterocycles. The molecule has 3 nitrogen and oxygen atoms in total. The zero-order valence-electron chi connectivity index (χ0n) is 13.0. The normalized spacial score (nSPS) is 10.3. The van der Waals surface area contributed by atoms with Gasteiger partial charge in [0, 0.05) is 0 Å². The Hall–Kier alpha value is -2.42. The van der Waals surface area contributed by atoms with Crippen molar-refractivity contribution in [2.45, 2.75) is 33.1 Å². The average molecular weight is 296 g/mol. The molecule has 0 aliphatic rings. The minimum atomic E-state index is -0.612. The fraction of sp³-hybridized carbons (Fsp3) is 0.263. The lowest BCUT2D eigenvalue weighted by Crippen LogP contribution is -2.14. The Morgan fingerprint density at radius 3 is 2.23 bits per heavy atom. The van der Waals surface area contributed by atoms with Crippen LogP contribution in [-0.2, 0) is 17.6 Å². The highest BCUT2D eigenvalue weighted by Crippen LogP contribution is 2.14. The van der Waals surface area contributed by atoms with Gasteiger partial charge >= 0.3 is 11.9 Å². The second kappa shape index (κ2) is 7.55. The molecule has 0 radical (unpaired) electrons. The minimum Gasteiger partial charge on any atom is -0.386 e. The van der Waals surface area contributed by atoms with Gasteiger partial charge in [-0.15, -0.1) is 0 Å². The number of aryl methyl sites for hydroxylation is 2. The zero-order chi connectivity index (χ0) is 15.9. The van der Waals surface area contributed by atoms with Gasteiger partial charge in [0.2, 0.25) is 0 Å². The van der Waals surface area contributed by atoms with Gasteiger partial charge in [0.1, 0.15) is 0 Å². The molecule has 3 heteroatoms. The highest BCUT2D eigenvalue weighted by atomic mass is 16.6. The van der Waals surface area contributed by atoms with E-state index in [1.807, 2.05) is 38.1 Å². The Labute approximate surface area is 130 Å². The summed E-state index contributed by atoms with van der Waals surface area (Å²) in [6.45, 7) is 4.09. The summed E-state index contributed by atoms with van der Waals surface area (Å²) in [6.07, 6.45) is 2.61. The van der Waals surface area contributed by atoms with Crippen LogP contribution in [0.3, 0.4) is 0 Å². The van der Waals surface area contributed by atoms with Gasteiger partial charge in [0.05, 0.1) is 11.1 Å². The number of carbonyl (C=O) groups is 2. The molecule has 0 unspecified atom stereocenters. The lowest BCUT2D eigenvalue weighted by Gasteiger charge is -2.08. The highest BCUT2D eigenvalue weighted by Gasteiger charge is 2.17. The van der Waals surface area contributed by atoms with Gasteiger partial charge in [-0.2, -0.15) is 0 Å². The molecule has 0 aliphatic carbocycles. The largest absolute Gasteiger partial charge is 0.386 e. The van der Waals surface area contributed by atoms with Gasteiger partial charge in [-0.1, -0.05) is 50.6 Å². The molecule has 0 saturated heterocycles. The fourth-order valence-electron chi connectivity index (χ4n) is 2.28. The molecule has 0 saturated carbocycles. The van der Waals surface area contributed by atoms with Crippen molar-refractivity contribution in [2.75, 3.05) is 0 Å². The minimum absolute atomic E-state index is 0.388. The second-order valence-corrected chi connectivity index (χ2v) is 5.13. The summed E-state index contributed by atoms with van der Waals surface area (Å²) < 4.78 is 5.01. The molecule has 0 bridgehead atoms. The van der Waals surface area contributed by atoms with E-state index in [0.717, 1.165) is 30.4 Å². The number of ether oxygens (including phenoxy) is 1. The molecular weight excluding hydrogens is 276 g/mol. The predicted molar refractivity (Wildman–Crippen MR) is 86.0 cm³/mol. The molecule has 0 N–H and O–H groups in total. The summed E-state index contributed by atoms with van der Waals surface area (Å²) in [5.41, 5.74) is 2.89. The van der Waals surface area contributed by atoms with Crippen LogP contribution in [0, 0.1) is 0 Å². The Morgan fingerprint density at radius 1 is 0.909 bits per heavy atom. The standard InChI is InChI=1S/C19H20O3/c1-3-7-15-8-5-6-9-17(15)19(21)22-18(20)16-12-10-14(4-2)11-13-16/h5-6,8-13H,3-4,7H2,1-2H3. The topological polar surface area (TPSA) is 43.4 Å². The van der Waals surface area contributed by atoms with E-state index in [2.05, 4.69) is 0 Å². The Kier molecular flexibility index (Phi) is 5.48. The molecule has 0 aromatic heterocycles. The molecule has 0 fully saturated rings. The van der Waals surface area contributed by atoms with Crippen LogP contribution >= 0.6 is 0 Å². The molecule has 2 rings (SSSR count). The van der Waals surface area contributed by atoms with Crippen LogP contribution in [0.2, 0.25) is 0 Å². The Morgan fingerprint density at radius 2 is 1.59 bits per heavy atom. The molecule has 0 spiro atoms. The Balaban J connectivity index is 2.12. The molecular formula is C19H20O3. The summed E-state index contributed by atoms with van der Waals surface area (Å²) in [7, 11) is 0. The van der Waals surface area contributed by atoms with Crippen LogP contribution in [0.15, 0.2) is 48.5 Å². The number of rotatable bonds is 5. The first-order valence-electron chi connectivity index (χ1n) is 7.59. The van der Waals surface area contributed by atoms with Crippen molar-refractivity contribution in [1.82, 2.24) is 0 Å². The number of benzene rings is 2. The average Bonchev–Trinajstić information content (AvgIpc) is 2.55. The first-order chi connectivity index (χ1) is 10.7. The van der Waals surface area contributed by atoms with E-state index in [4.69, 9.17) is 4.74 Å². The van der Waals surface area contributed by atoms with E-state index in [1.54, 1.807) is 24.3 Å². The summed E-state index contributed by atoms with van der Waals surface area (Å²) in [5.74, 6) is -1.20. The van der Waals surface area contributed by atoms with Crippen LogP contribution in [-0.4, -0.2) is 11.9 Å². The van der Waals surface area contributed by atoms with Crippen LogP contribution in [0.1, 0.15) is 52.1 Å². The molecule has 114 valence electrons. The second-order valence-electron chi connectivity index (χ2n) is 5.13. The van der Waals surface area contributed by atoms with Crippen molar-refractivity contribution in [3.63, 3.8) is 0 Å². The van der Waals surface area contributed by atoms with Crippen molar-refractivity contribution in [3.8, 4) is 0 Å². The van der Waals surface area contributed by atoms with Crippen LogP contribution in [0.25, 0.3) is 0 Å². The van der Waals surface area contributed by atoms with Crippen LogP contribution < -0.4 is 0 Å².